The average Bonchev–Trinajstić information content (AvgIpc) is 2.56. The lowest BCUT2D eigenvalue weighted by Gasteiger charge is -2.09. The van der Waals surface area contributed by atoms with E-state index in [1.807, 2.05) is 6.07 Å². The molecule has 0 heterocycles. The van der Waals surface area contributed by atoms with Crippen LogP contribution in [0.15, 0.2) is 42.5 Å². The van der Waals surface area contributed by atoms with Gasteiger partial charge in [0.15, 0.2) is 0 Å². The number of nitrogens with one attached hydrogen (secondary N) is 2. The molecule has 24 heavy (non-hydrogen) atoms. The monoisotopic (exact) mass is 368 g/mol. The molecule has 0 bridgehead atoms. The Kier molecular flexibility index (Phi) is 6.43. The maximum Gasteiger partial charge on any atom is 0.273 e. The average molecular weight is 369 g/mol. The molecule has 8 heteroatoms. The van der Waals surface area contributed by atoms with Gasteiger partial charge in [-0.3, -0.25) is 20.4 Å². The van der Waals surface area contributed by atoms with Crippen molar-refractivity contribution in [1.29, 1.82) is 0 Å². The highest BCUT2D eigenvalue weighted by Gasteiger charge is 2.12. The first-order chi connectivity index (χ1) is 11.5. The van der Waals surface area contributed by atoms with Crippen LogP contribution in [0.2, 0.25) is 10.0 Å². The molecular formula is C16H14Cl2N2O4. The summed E-state index contributed by atoms with van der Waals surface area (Å²) in [4.78, 5) is 23.5. The van der Waals surface area contributed by atoms with Crippen LogP contribution in [0, 0.1) is 0 Å². The van der Waals surface area contributed by atoms with Gasteiger partial charge in [-0.1, -0.05) is 41.4 Å². The Balaban J connectivity index is 1.78. The lowest BCUT2D eigenvalue weighted by molar-refractivity contribution is -0.126. The molecule has 0 saturated heterocycles. The number of ether oxygens (including phenoxy) is 1. The van der Waals surface area contributed by atoms with Crippen LogP contribution in [-0.4, -0.2) is 23.5 Å². The van der Waals surface area contributed by atoms with E-state index < -0.39 is 11.8 Å². The molecule has 0 fully saturated rings. The summed E-state index contributed by atoms with van der Waals surface area (Å²) < 4.78 is 5.22. The summed E-state index contributed by atoms with van der Waals surface area (Å²) in [6, 6.07) is 11.1. The fraction of sp³-hybridized carbons (Fsp3) is 0.125. The lowest BCUT2D eigenvalue weighted by atomic mass is 10.2. The van der Waals surface area contributed by atoms with Crippen LogP contribution in [0.4, 0.5) is 0 Å². The fourth-order valence-electron chi connectivity index (χ4n) is 1.79. The van der Waals surface area contributed by atoms with Gasteiger partial charge in [0, 0.05) is 10.0 Å². The highest BCUT2D eigenvalue weighted by atomic mass is 35.5. The van der Waals surface area contributed by atoms with E-state index in [2.05, 4.69) is 10.9 Å². The summed E-state index contributed by atoms with van der Waals surface area (Å²) in [7, 11) is 0. The number of hydrogen-bond acceptors (Lipinski definition) is 4. The van der Waals surface area contributed by atoms with Crippen molar-refractivity contribution in [3.05, 3.63) is 63.6 Å². The summed E-state index contributed by atoms with van der Waals surface area (Å²) in [5.74, 6) is -1.51. The fourth-order valence-corrected chi connectivity index (χ4v) is 2.15. The Hall–Kier alpha value is -2.28. The second-order valence-corrected chi connectivity index (χ2v) is 5.59. The van der Waals surface area contributed by atoms with Crippen LogP contribution >= 0.6 is 23.2 Å². The maximum absolute atomic E-state index is 11.9. The number of rotatable bonds is 5. The number of phenols is 1. The van der Waals surface area contributed by atoms with Crippen molar-refractivity contribution in [2.75, 3.05) is 6.61 Å². The van der Waals surface area contributed by atoms with Crippen molar-refractivity contribution in [1.82, 2.24) is 10.9 Å². The van der Waals surface area contributed by atoms with Gasteiger partial charge in [0.05, 0.1) is 12.2 Å². The number of amides is 2. The molecule has 2 rings (SSSR count). The van der Waals surface area contributed by atoms with Crippen molar-refractivity contribution >= 4 is 35.0 Å². The molecule has 0 radical (unpaired) electrons. The Morgan fingerprint density at radius 3 is 2.58 bits per heavy atom. The smallest absolute Gasteiger partial charge is 0.273 e. The van der Waals surface area contributed by atoms with Gasteiger partial charge in [0.1, 0.15) is 12.4 Å². The number of hydrazine groups is 1. The predicted octanol–water partition coefficient (Wildman–Crippen LogP) is 2.68. The first-order valence-electron chi connectivity index (χ1n) is 6.86. The molecule has 0 aliphatic heterocycles. The zero-order chi connectivity index (χ0) is 17.5. The van der Waals surface area contributed by atoms with E-state index in [1.54, 1.807) is 18.2 Å². The quantitative estimate of drug-likeness (QED) is 0.708. The number of phenolic OH excluding ortho intramolecular Hbond substituents is 1. The number of halogens is 2. The van der Waals surface area contributed by atoms with Crippen LogP contribution in [0.5, 0.6) is 5.75 Å². The minimum atomic E-state index is -0.700. The van der Waals surface area contributed by atoms with Crippen molar-refractivity contribution in [3.63, 3.8) is 0 Å². The molecule has 0 aliphatic rings. The van der Waals surface area contributed by atoms with Gasteiger partial charge in [-0.05, 0) is 29.8 Å². The van der Waals surface area contributed by atoms with Gasteiger partial charge < -0.3 is 9.84 Å². The van der Waals surface area contributed by atoms with Crippen LogP contribution in [0.3, 0.4) is 0 Å². The molecule has 3 N–H and O–H groups in total. The van der Waals surface area contributed by atoms with E-state index in [-0.39, 0.29) is 29.5 Å². The standard InChI is InChI=1S/C16H14Cl2N2O4/c17-11-5-6-14(21)12(7-11)16(23)20-19-15(22)9-24-8-10-3-1-2-4-13(10)18/h1-7,21H,8-9H2,(H,19,22)(H,20,23). The summed E-state index contributed by atoms with van der Waals surface area (Å²) >= 11 is 11.7. The van der Waals surface area contributed by atoms with Gasteiger partial charge in [-0.15, -0.1) is 0 Å². The van der Waals surface area contributed by atoms with E-state index in [0.717, 1.165) is 5.56 Å². The first-order valence-corrected chi connectivity index (χ1v) is 7.62. The minimum Gasteiger partial charge on any atom is -0.507 e. The Labute approximate surface area is 148 Å². The molecule has 126 valence electrons. The third-order valence-corrected chi connectivity index (χ3v) is 3.57. The summed E-state index contributed by atoms with van der Waals surface area (Å²) in [5.41, 5.74) is 5.04. The predicted molar refractivity (Wildman–Crippen MR) is 89.8 cm³/mol. The zero-order valence-electron chi connectivity index (χ0n) is 12.4. The highest BCUT2D eigenvalue weighted by molar-refractivity contribution is 6.31. The van der Waals surface area contributed by atoms with E-state index in [9.17, 15) is 14.7 Å². The molecular weight excluding hydrogens is 355 g/mol. The van der Waals surface area contributed by atoms with Crippen molar-refractivity contribution in [3.8, 4) is 5.75 Å². The van der Waals surface area contributed by atoms with E-state index in [0.29, 0.717) is 5.02 Å². The Morgan fingerprint density at radius 1 is 1.08 bits per heavy atom. The molecule has 0 atom stereocenters. The van der Waals surface area contributed by atoms with Gasteiger partial charge in [0.2, 0.25) is 0 Å². The maximum atomic E-state index is 11.9. The summed E-state index contributed by atoms with van der Waals surface area (Å²) in [6.07, 6.45) is 0. The molecule has 0 unspecified atom stereocenters. The number of carbonyl (C=O) groups excluding carboxylic acids is 2. The van der Waals surface area contributed by atoms with Crippen molar-refractivity contribution in [2.24, 2.45) is 0 Å². The number of hydrogen-bond donors (Lipinski definition) is 3. The van der Waals surface area contributed by atoms with Gasteiger partial charge >= 0.3 is 0 Å². The minimum absolute atomic E-state index is 0.0558. The second kappa shape index (κ2) is 8.54. The van der Waals surface area contributed by atoms with Crippen molar-refractivity contribution < 1.29 is 19.4 Å². The van der Waals surface area contributed by atoms with Crippen LogP contribution < -0.4 is 10.9 Å². The van der Waals surface area contributed by atoms with E-state index in [1.165, 1.54) is 18.2 Å². The van der Waals surface area contributed by atoms with E-state index in [4.69, 9.17) is 27.9 Å². The van der Waals surface area contributed by atoms with Gasteiger partial charge in [-0.25, -0.2) is 0 Å². The third-order valence-electron chi connectivity index (χ3n) is 2.97. The molecule has 0 aromatic heterocycles. The van der Waals surface area contributed by atoms with Crippen LogP contribution in [0.25, 0.3) is 0 Å². The molecule has 2 aromatic rings. The Bertz CT molecular complexity index is 753. The van der Waals surface area contributed by atoms with Crippen molar-refractivity contribution in [2.45, 2.75) is 6.61 Å². The molecule has 6 nitrogen and oxygen atoms in total. The first kappa shape index (κ1) is 18.1. The molecule has 0 spiro atoms. The molecule has 0 saturated carbocycles. The molecule has 2 aromatic carbocycles. The number of benzene rings is 2. The number of aromatic hydroxyl groups is 1. The topological polar surface area (TPSA) is 87.7 Å². The van der Waals surface area contributed by atoms with E-state index >= 15 is 0 Å². The third kappa shape index (κ3) is 5.13. The zero-order valence-corrected chi connectivity index (χ0v) is 13.9. The normalized spacial score (nSPS) is 10.2. The molecule has 2 amide bonds. The van der Waals surface area contributed by atoms with Gasteiger partial charge in [-0.2, -0.15) is 0 Å². The van der Waals surface area contributed by atoms with Crippen LogP contribution in [0.1, 0.15) is 15.9 Å². The SMILES string of the molecule is O=C(COCc1ccccc1Cl)NNC(=O)c1cc(Cl)ccc1O. The molecule has 0 aliphatic carbocycles. The number of carbonyl (C=O) groups is 2. The summed E-state index contributed by atoms with van der Waals surface area (Å²) in [5, 5.41) is 10.4. The Morgan fingerprint density at radius 2 is 1.83 bits per heavy atom. The summed E-state index contributed by atoms with van der Waals surface area (Å²) in [6.45, 7) is -0.108. The highest BCUT2D eigenvalue weighted by Crippen LogP contribution is 2.21. The van der Waals surface area contributed by atoms with Crippen LogP contribution in [-0.2, 0) is 16.1 Å². The second-order valence-electron chi connectivity index (χ2n) is 4.75. The van der Waals surface area contributed by atoms with Gasteiger partial charge in [0.25, 0.3) is 11.8 Å². The lowest BCUT2D eigenvalue weighted by Crippen LogP contribution is -2.43. The largest absolute Gasteiger partial charge is 0.507 e.